The van der Waals surface area contributed by atoms with Gasteiger partial charge in [0.1, 0.15) is 0 Å². The molecule has 0 saturated heterocycles. The van der Waals surface area contributed by atoms with Gasteiger partial charge in [-0.2, -0.15) is 5.10 Å². The third-order valence-corrected chi connectivity index (χ3v) is 5.01. The largest absolute Gasteiger partial charge is 0.271 e. The van der Waals surface area contributed by atoms with Gasteiger partial charge in [-0.1, -0.05) is 35.0 Å². The average Bonchev–Trinajstić information content (AvgIpc) is 2.81. The number of nitrogens with two attached hydrogens (primary N) is 1. The Bertz CT molecular complexity index is 592. The number of nitrogens with one attached hydrogen (secondary N) is 1. The maximum atomic E-state index is 5.76. The Kier molecular flexibility index (Phi) is 5.98. The van der Waals surface area contributed by atoms with E-state index in [-0.39, 0.29) is 6.04 Å². The number of benzene rings is 1. The van der Waals surface area contributed by atoms with Gasteiger partial charge in [-0.05, 0) is 47.0 Å². The fourth-order valence-corrected chi connectivity index (χ4v) is 3.36. The molecular weight excluding hydrogens is 396 g/mol. The predicted molar refractivity (Wildman–Crippen MR) is 92.9 cm³/mol. The molecule has 1 unspecified atom stereocenters. The molecule has 1 heterocycles. The fraction of sp³-hybridized carbons (Fsp3) is 0.400. The van der Waals surface area contributed by atoms with Crippen molar-refractivity contribution in [3.63, 3.8) is 0 Å². The Balaban J connectivity index is 2.30. The van der Waals surface area contributed by atoms with Gasteiger partial charge in [0.15, 0.2) is 0 Å². The van der Waals surface area contributed by atoms with E-state index in [2.05, 4.69) is 68.4 Å². The van der Waals surface area contributed by atoms with E-state index in [9.17, 15) is 0 Å². The first-order valence-corrected chi connectivity index (χ1v) is 8.64. The number of aryl methyl sites for hydroxylation is 2. The topological polar surface area (TPSA) is 55.9 Å². The highest BCUT2D eigenvalue weighted by atomic mass is 79.9. The standard InChI is InChI=1S/C15H20Br2N4/c1-3-12-15(17)14(21(4-2)20-12)9-13(19-18)10-5-7-11(16)8-6-10/h5-8,13,19H,3-4,9,18H2,1-2H3. The molecule has 0 saturated carbocycles. The van der Waals surface area contributed by atoms with Crippen molar-refractivity contribution in [1.82, 2.24) is 15.2 Å². The molecule has 4 nitrogen and oxygen atoms in total. The number of aromatic nitrogens is 2. The number of hydrogen-bond acceptors (Lipinski definition) is 3. The second-order valence-corrected chi connectivity index (χ2v) is 6.56. The Hall–Kier alpha value is -0.690. The van der Waals surface area contributed by atoms with E-state index in [1.165, 1.54) is 5.69 Å². The average molecular weight is 416 g/mol. The second kappa shape index (κ2) is 7.54. The quantitative estimate of drug-likeness (QED) is 0.558. The van der Waals surface area contributed by atoms with E-state index in [0.717, 1.165) is 39.6 Å². The van der Waals surface area contributed by atoms with Crippen LogP contribution in [0.3, 0.4) is 0 Å². The summed E-state index contributed by atoms with van der Waals surface area (Å²) in [5.74, 6) is 5.76. The molecule has 0 fully saturated rings. The Morgan fingerprint density at radius 3 is 2.43 bits per heavy atom. The number of hydrazine groups is 1. The maximum Gasteiger partial charge on any atom is 0.0766 e. The van der Waals surface area contributed by atoms with E-state index >= 15 is 0 Å². The lowest BCUT2D eigenvalue weighted by molar-refractivity contribution is 0.515. The summed E-state index contributed by atoms with van der Waals surface area (Å²) in [7, 11) is 0. The van der Waals surface area contributed by atoms with Gasteiger partial charge in [0.25, 0.3) is 0 Å². The first-order valence-electron chi connectivity index (χ1n) is 7.06. The highest BCUT2D eigenvalue weighted by Crippen LogP contribution is 2.27. The Morgan fingerprint density at radius 1 is 1.24 bits per heavy atom. The van der Waals surface area contributed by atoms with Crippen molar-refractivity contribution in [2.24, 2.45) is 5.84 Å². The lowest BCUT2D eigenvalue weighted by Gasteiger charge is -2.17. The van der Waals surface area contributed by atoms with Crippen molar-refractivity contribution in [3.05, 3.63) is 50.2 Å². The number of rotatable bonds is 6. The molecule has 0 bridgehead atoms. The lowest BCUT2D eigenvalue weighted by Crippen LogP contribution is -2.30. The van der Waals surface area contributed by atoms with E-state index < -0.39 is 0 Å². The van der Waals surface area contributed by atoms with Crippen LogP contribution in [0.25, 0.3) is 0 Å². The van der Waals surface area contributed by atoms with Gasteiger partial charge in [0, 0.05) is 17.4 Å². The SMILES string of the molecule is CCc1nn(CC)c(CC(NN)c2ccc(Br)cc2)c1Br. The van der Waals surface area contributed by atoms with Crippen molar-refractivity contribution < 1.29 is 0 Å². The summed E-state index contributed by atoms with van der Waals surface area (Å²) < 4.78 is 4.21. The summed E-state index contributed by atoms with van der Waals surface area (Å²) in [6.45, 7) is 5.07. The number of hydrogen-bond donors (Lipinski definition) is 2. The van der Waals surface area contributed by atoms with Crippen LogP contribution >= 0.6 is 31.9 Å². The van der Waals surface area contributed by atoms with Crippen LogP contribution in [0.5, 0.6) is 0 Å². The molecule has 21 heavy (non-hydrogen) atoms. The number of nitrogens with zero attached hydrogens (tertiary/aromatic N) is 2. The first-order chi connectivity index (χ1) is 10.1. The zero-order chi connectivity index (χ0) is 15.4. The van der Waals surface area contributed by atoms with Crippen LogP contribution in [0.4, 0.5) is 0 Å². The van der Waals surface area contributed by atoms with Gasteiger partial charge in [-0.25, -0.2) is 0 Å². The summed E-state index contributed by atoms with van der Waals surface area (Å²) in [6, 6.07) is 8.28. The summed E-state index contributed by atoms with van der Waals surface area (Å²) in [5.41, 5.74) is 6.35. The number of halogens is 2. The molecule has 1 atom stereocenters. The monoisotopic (exact) mass is 414 g/mol. The Labute approximate surface area is 142 Å². The summed E-state index contributed by atoms with van der Waals surface area (Å²) in [5, 5.41) is 4.64. The van der Waals surface area contributed by atoms with E-state index in [1.54, 1.807) is 0 Å². The minimum atomic E-state index is 0.0566. The van der Waals surface area contributed by atoms with E-state index in [1.807, 2.05) is 16.8 Å². The molecule has 6 heteroatoms. The van der Waals surface area contributed by atoms with Crippen molar-refractivity contribution in [1.29, 1.82) is 0 Å². The van der Waals surface area contributed by atoms with Gasteiger partial charge in [0.2, 0.25) is 0 Å². The third kappa shape index (κ3) is 3.74. The molecule has 0 aliphatic rings. The van der Waals surface area contributed by atoms with Gasteiger partial charge in [0.05, 0.1) is 21.9 Å². The lowest BCUT2D eigenvalue weighted by atomic mass is 10.0. The molecule has 0 radical (unpaired) electrons. The van der Waals surface area contributed by atoms with Gasteiger partial charge >= 0.3 is 0 Å². The molecule has 2 rings (SSSR count). The normalized spacial score (nSPS) is 12.6. The summed E-state index contributed by atoms with van der Waals surface area (Å²) in [4.78, 5) is 0. The minimum absolute atomic E-state index is 0.0566. The molecule has 1 aromatic heterocycles. The molecule has 3 N–H and O–H groups in total. The van der Waals surface area contributed by atoms with Crippen LogP contribution in [0.1, 0.15) is 36.8 Å². The molecule has 0 amide bonds. The van der Waals surface area contributed by atoms with Crippen LogP contribution in [0.2, 0.25) is 0 Å². The predicted octanol–water partition coefficient (Wildman–Crippen LogP) is 3.74. The summed E-state index contributed by atoms with van der Waals surface area (Å²) >= 11 is 7.14. The molecular formula is C15H20Br2N4. The van der Waals surface area contributed by atoms with Crippen LogP contribution in [0, 0.1) is 0 Å². The fourth-order valence-electron chi connectivity index (χ4n) is 2.37. The zero-order valence-corrected chi connectivity index (χ0v) is 15.4. The van der Waals surface area contributed by atoms with Crippen molar-refractivity contribution in [2.75, 3.05) is 0 Å². The van der Waals surface area contributed by atoms with Crippen molar-refractivity contribution >= 4 is 31.9 Å². The van der Waals surface area contributed by atoms with Gasteiger partial charge < -0.3 is 0 Å². The zero-order valence-electron chi connectivity index (χ0n) is 12.2. The van der Waals surface area contributed by atoms with Crippen molar-refractivity contribution in [2.45, 2.75) is 39.3 Å². The highest BCUT2D eigenvalue weighted by Gasteiger charge is 2.19. The molecule has 0 spiro atoms. The second-order valence-electron chi connectivity index (χ2n) is 4.85. The molecule has 0 aliphatic carbocycles. The van der Waals surface area contributed by atoms with Gasteiger partial charge in [-0.3, -0.25) is 16.0 Å². The smallest absolute Gasteiger partial charge is 0.0766 e. The van der Waals surface area contributed by atoms with Crippen LogP contribution in [-0.2, 0) is 19.4 Å². The van der Waals surface area contributed by atoms with Crippen molar-refractivity contribution in [3.8, 4) is 0 Å². The first kappa shape index (κ1) is 16.7. The molecule has 1 aromatic carbocycles. The Morgan fingerprint density at radius 2 is 1.90 bits per heavy atom. The van der Waals surface area contributed by atoms with Gasteiger partial charge in [-0.15, -0.1) is 0 Å². The third-order valence-electron chi connectivity index (χ3n) is 3.57. The van der Waals surface area contributed by atoms with Crippen LogP contribution in [-0.4, -0.2) is 9.78 Å². The molecule has 0 aliphatic heterocycles. The molecule has 114 valence electrons. The summed E-state index contributed by atoms with van der Waals surface area (Å²) in [6.07, 6.45) is 1.71. The van der Waals surface area contributed by atoms with E-state index in [0.29, 0.717) is 0 Å². The minimum Gasteiger partial charge on any atom is -0.271 e. The van der Waals surface area contributed by atoms with E-state index in [4.69, 9.17) is 5.84 Å². The highest BCUT2D eigenvalue weighted by molar-refractivity contribution is 9.10. The van der Waals surface area contributed by atoms with Crippen LogP contribution < -0.4 is 11.3 Å². The maximum absolute atomic E-state index is 5.76. The molecule has 2 aromatic rings. The van der Waals surface area contributed by atoms with Crippen LogP contribution in [0.15, 0.2) is 33.2 Å².